The Morgan fingerprint density at radius 2 is 1.81 bits per heavy atom. The minimum absolute atomic E-state index is 0.145. The number of carbonyl (C=O) groups is 2. The standard InChI is InChI=1S/C20H22N2O4S/c1-14-10-11-16(27(2,25)26)13-17(14)21-19(23)18-9-6-12-22(18)20(24)15-7-4-3-5-8-15/h3-5,7-8,10-11,13,18H,6,9,12H2,1-2H3,(H,21,23)/t18-/m0/s1. The molecule has 142 valence electrons. The molecular weight excluding hydrogens is 364 g/mol. The first-order chi connectivity index (χ1) is 12.8. The van der Waals surface area contributed by atoms with Gasteiger partial charge in [0.25, 0.3) is 5.91 Å². The summed E-state index contributed by atoms with van der Waals surface area (Å²) >= 11 is 0. The number of likely N-dealkylation sites (tertiary alicyclic amines) is 1. The van der Waals surface area contributed by atoms with Gasteiger partial charge in [-0.1, -0.05) is 24.3 Å². The van der Waals surface area contributed by atoms with Crippen LogP contribution in [0, 0.1) is 6.92 Å². The molecule has 1 aliphatic heterocycles. The largest absolute Gasteiger partial charge is 0.327 e. The Kier molecular flexibility index (Phi) is 5.32. The van der Waals surface area contributed by atoms with E-state index in [2.05, 4.69) is 5.32 Å². The second-order valence-electron chi connectivity index (χ2n) is 6.76. The van der Waals surface area contributed by atoms with E-state index in [0.29, 0.717) is 24.2 Å². The van der Waals surface area contributed by atoms with Crippen molar-refractivity contribution >= 4 is 27.3 Å². The zero-order valence-electron chi connectivity index (χ0n) is 15.3. The number of nitrogens with one attached hydrogen (secondary N) is 1. The molecule has 0 bridgehead atoms. The monoisotopic (exact) mass is 386 g/mol. The van der Waals surface area contributed by atoms with Crippen molar-refractivity contribution in [1.29, 1.82) is 0 Å². The maximum Gasteiger partial charge on any atom is 0.254 e. The van der Waals surface area contributed by atoms with Crippen LogP contribution in [0.25, 0.3) is 0 Å². The molecule has 0 aliphatic carbocycles. The van der Waals surface area contributed by atoms with Gasteiger partial charge in [-0.25, -0.2) is 8.42 Å². The van der Waals surface area contributed by atoms with E-state index in [-0.39, 0.29) is 16.7 Å². The lowest BCUT2D eigenvalue weighted by Crippen LogP contribution is -2.43. The quantitative estimate of drug-likeness (QED) is 0.876. The number of hydrogen-bond donors (Lipinski definition) is 1. The zero-order chi connectivity index (χ0) is 19.6. The molecule has 27 heavy (non-hydrogen) atoms. The summed E-state index contributed by atoms with van der Waals surface area (Å²) in [5.41, 5.74) is 1.75. The van der Waals surface area contributed by atoms with Gasteiger partial charge in [-0.15, -0.1) is 0 Å². The van der Waals surface area contributed by atoms with Crippen LogP contribution in [-0.2, 0) is 14.6 Å². The van der Waals surface area contributed by atoms with Crippen LogP contribution in [0.3, 0.4) is 0 Å². The van der Waals surface area contributed by atoms with Gasteiger partial charge in [-0.05, 0) is 49.6 Å². The SMILES string of the molecule is Cc1ccc(S(C)(=O)=O)cc1NC(=O)[C@@H]1CCCN1C(=O)c1ccccc1. The highest BCUT2D eigenvalue weighted by molar-refractivity contribution is 7.90. The third kappa shape index (κ3) is 4.19. The fourth-order valence-corrected chi connectivity index (χ4v) is 3.86. The Bertz CT molecular complexity index is 971. The van der Waals surface area contributed by atoms with Crippen LogP contribution >= 0.6 is 0 Å². The van der Waals surface area contributed by atoms with Crippen molar-refractivity contribution in [2.75, 3.05) is 18.1 Å². The van der Waals surface area contributed by atoms with Gasteiger partial charge < -0.3 is 10.2 Å². The summed E-state index contributed by atoms with van der Waals surface area (Å²) in [4.78, 5) is 27.3. The van der Waals surface area contributed by atoms with E-state index in [1.54, 1.807) is 42.2 Å². The van der Waals surface area contributed by atoms with Crippen molar-refractivity contribution in [2.45, 2.75) is 30.7 Å². The number of carbonyl (C=O) groups excluding carboxylic acids is 2. The van der Waals surface area contributed by atoms with Gasteiger partial charge in [-0.3, -0.25) is 9.59 Å². The van der Waals surface area contributed by atoms with Crippen LogP contribution in [0.1, 0.15) is 28.8 Å². The molecule has 6 nitrogen and oxygen atoms in total. The summed E-state index contributed by atoms with van der Waals surface area (Å²) in [6.07, 6.45) is 2.45. The summed E-state index contributed by atoms with van der Waals surface area (Å²) < 4.78 is 23.5. The van der Waals surface area contributed by atoms with Gasteiger partial charge >= 0.3 is 0 Å². The highest BCUT2D eigenvalue weighted by Gasteiger charge is 2.34. The lowest BCUT2D eigenvalue weighted by Gasteiger charge is -2.24. The second kappa shape index (κ2) is 7.52. The maximum absolute atomic E-state index is 12.8. The van der Waals surface area contributed by atoms with E-state index >= 15 is 0 Å². The smallest absolute Gasteiger partial charge is 0.254 e. The molecule has 0 saturated carbocycles. The fourth-order valence-electron chi connectivity index (χ4n) is 3.21. The predicted molar refractivity (Wildman–Crippen MR) is 103 cm³/mol. The van der Waals surface area contributed by atoms with Gasteiger partial charge in [0.2, 0.25) is 5.91 Å². The first kappa shape index (κ1) is 19.1. The van der Waals surface area contributed by atoms with E-state index in [9.17, 15) is 18.0 Å². The molecule has 1 heterocycles. The molecule has 1 N–H and O–H groups in total. The van der Waals surface area contributed by atoms with E-state index in [4.69, 9.17) is 0 Å². The number of hydrogen-bond acceptors (Lipinski definition) is 4. The number of rotatable bonds is 4. The molecule has 0 radical (unpaired) electrons. The van der Waals surface area contributed by atoms with Crippen LogP contribution < -0.4 is 5.32 Å². The molecule has 7 heteroatoms. The van der Waals surface area contributed by atoms with Crippen LogP contribution in [-0.4, -0.2) is 44.0 Å². The molecule has 0 aromatic heterocycles. The van der Waals surface area contributed by atoms with Gasteiger partial charge in [0.15, 0.2) is 9.84 Å². The van der Waals surface area contributed by atoms with E-state index in [1.807, 2.05) is 6.07 Å². The highest BCUT2D eigenvalue weighted by atomic mass is 32.2. The number of benzene rings is 2. The van der Waals surface area contributed by atoms with Gasteiger partial charge in [-0.2, -0.15) is 0 Å². The molecule has 0 spiro atoms. The molecule has 3 rings (SSSR count). The lowest BCUT2D eigenvalue weighted by atomic mass is 10.1. The third-order valence-electron chi connectivity index (χ3n) is 4.73. The summed E-state index contributed by atoms with van der Waals surface area (Å²) in [6, 6.07) is 12.9. The van der Waals surface area contributed by atoms with Crippen molar-refractivity contribution < 1.29 is 18.0 Å². The Hall–Kier alpha value is -2.67. The number of aryl methyl sites for hydroxylation is 1. The Labute approximate surface area is 159 Å². The molecule has 2 aromatic carbocycles. The lowest BCUT2D eigenvalue weighted by molar-refractivity contribution is -0.119. The molecule has 0 unspecified atom stereocenters. The Balaban J connectivity index is 1.81. The van der Waals surface area contributed by atoms with Crippen LogP contribution in [0.5, 0.6) is 0 Å². The fraction of sp³-hybridized carbons (Fsp3) is 0.300. The van der Waals surface area contributed by atoms with Crippen LogP contribution in [0.2, 0.25) is 0 Å². The topological polar surface area (TPSA) is 83.6 Å². The first-order valence-corrected chi connectivity index (χ1v) is 10.6. The predicted octanol–water partition coefficient (Wildman–Crippen LogP) is 2.64. The molecule has 2 amide bonds. The number of anilines is 1. The summed E-state index contributed by atoms with van der Waals surface area (Å²) in [7, 11) is -3.37. The Morgan fingerprint density at radius 3 is 2.48 bits per heavy atom. The van der Waals surface area contributed by atoms with Gasteiger partial charge in [0, 0.05) is 24.1 Å². The molecule has 1 aliphatic rings. The Morgan fingerprint density at radius 1 is 1.11 bits per heavy atom. The molecule has 2 aromatic rings. The average Bonchev–Trinajstić information content (AvgIpc) is 3.12. The van der Waals surface area contributed by atoms with Crippen molar-refractivity contribution in [3.05, 3.63) is 59.7 Å². The number of nitrogens with zero attached hydrogens (tertiary/aromatic N) is 1. The highest BCUT2D eigenvalue weighted by Crippen LogP contribution is 2.24. The zero-order valence-corrected chi connectivity index (χ0v) is 16.1. The van der Waals surface area contributed by atoms with Crippen molar-refractivity contribution in [3.8, 4) is 0 Å². The van der Waals surface area contributed by atoms with Crippen LogP contribution in [0.15, 0.2) is 53.4 Å². The normalized spacial score (nSPS) is 17.0. The number of sulfone groups is 1. The van der Waals surface area contributed by atoms with Gasteiger partial charge in [0.1, 0.15) is 6.04 Å². The number of amides is 2. The van der Waals surface area contributed by atoms with Crippen molar-refractivity contribution in [1.82, 2.24) is 4.90 Å². The first-order valence-electron chi connectivity index (χ1n) is 8.75. The van der Waals surface area contributed by atoms with Crippen molar-refractivity contribution in [3.63, 3.8) is 0 Å². The molecule has 1 fully saturated rings. The van der Waals surface area contributed by atoms with Crippen LogP contribution in [0.4, 0.5) is 5.69 Å². The molecule has 1 saturated heterocycles. The van der Waals surface area contributed by atoms with Gasteiger partial charge in [0.05, 0.1) is 4.90 Å². The van der Waals surface area contributed by atoms with E-state index in [0.717, 1.165) is 18.2 Å². The summed E-state index contributed by atoms with van der Waals surface area (Å²) in [5, 5.41) is 2.80. The minimum Gasteiger partial charge on any atom is -0.327 e. The third-order valence-corrected chi connectivity index (χ3v) is 5.84. The van der Waals surface area contributed by atoms with Crippen molar-refractivity contribution in [2.24, 2.45) is 0 Å². The molecular formula is C20H22N2O4S. The maximum atomic E-state index is 12.8. The summed E-state index contributed by atoms with van der Waals surface area (Å²) in [5.74, 6) is -0.472. The van der Waals surface area contributed by atoms with E-state index in [1.165, 1.54) is 12.1 Å². The second-order valence-corrected chi connectivity index (χ2v) is 8.78. The average molecular weight is 386 g/mol. The summed E-state index contributed by atoms with van der Waals surface area (Å²) in [6.45, 7) is 2.32. The van der Waals surface area contributed by atoms with E-state index < -0.39 is 15.9 Å². The minimum atomic E-state index is -3.37. The molecule has 1 atom stereocenters.